The van der Waals surface area contributed by atoms with Gasteiger partial charge in [0, 0.05) is 19.3 Å². The fourth-order valence-corrected chi connectivity index (χ4v) is 2.10. The van der Waals surface area contributed by atoms with Crippen LogP contribution in [0.3, 0.4) is 0 Å². The largest absolute Gasteiger partial charge is 0.489 e. The highest BCUT2D eigenvalue weighted by Gasteiger charge is 2.09. The fraction of sp³-hybridized carbons (Fsp3) is 0.385. The van der Waals surface area contributed by atoms with Crippen molar-refractivity contribution >= 4 is 9.84 Å². The summed E-state index contributed by atoms with van der Waals surface area (Å²) in [6.45, 7) is 6.93. The summed E-state index contributed by atoms with van der Waals surface area (Å²) in [4.78, 5) is 0.270. The van der Waals surface area contributed by atoms with Crippen LogP contribution >= 0.6 is 0 Å². The Morgan fingerprint density at radius 1 is 1.50 bits per heavy atom. The Morgan fingerprint density at radius 3 is 2.83 bits per heavy atom. The molecule has 1 aromatic carbocycles. The molecule has 18 heavy (non-hydrogen) atoms. The van der Waals surface area contributed by atoms with E-state index in [4.69, 9.17) is 4.74 Å². The number of ether oxygens (including phenoxy) is 1. The van der Waals surface area contributed by atoms with Gasteiger partial charge in [-0.25, -0.2) is 8.42 Å². The standard InChI is InChI=1S/C13H19NO3S/c1-4-8-14-10-11(2)17-12-6-5-7-13(9-12)18(3,15)16/h4-7,9,11,14H,1,8,10H2,2-3H3. The van der Waals surface area contributed by atoms with Crippen molar-refractivity contribution in [3.8, 4) is 5.75 Å². The molecule has 0 aliphatic heterocycles. The van der Waals surface area contributed by atoms with E-state index in [1.807, 2.05) is 6.92 Å². The maximum absolute atomic E-state index is 11.4. The number of hydrogen-bond acceptors (Lipinski definition) is 4. The smallest absolute Gasteiger partial charge is 0.175 e. The van der Waals surface area contributed by atoms with Crippen LogP contribution in [-0.4, -0.2) is 33.9 Å². The molecule has 5 heteroatoms. The Balaban J connectivity index is 2.65. The molecule has 0 fully saturated rings. The van der Waals surface area contributed by atoms with Crippen LogP contribution in [-0.2, 0) is 9.84 Å². The van der Waals surface area contributed by atoms with Crippen molar-refractivity contribution in [1.29, 1.82) is 0 Å². The average Bonchev–Trinajstić information content (AvgIpc) is 2.28. The monoisotopic (exact) mass is 269 g/mol. The zero-order valence-corrected chi connectivity index (χ0v) is 11.5. The summed E-state index contributed by atoms with van der Waals surface area (Å²) in [5.41, 5.74) is 0. The highest BCUT2D eigenvalue weighted by Crippen LogP contribution is 2.18. The Labute approximate surface area is 109 Å². The van der Waals surface area contributed by atoms with Crippen LogP contribution in [0.15, 0.2) is 41.8 Å². The second-order valence-electron chi connectivity index (χ2n) is 4.12. The number of nitrogens with one attached hydrogen (secondary N) is 1. The molecule has 0 aliphatic carbocycles. The molecule has 0 aromatic heterocycles. The van der Waals surface area contributed by atoms with E-state index in [1.165, 1.54) is 6.26 Å². The highest BCUT2D eigenvalue weighted by atomic mass is 32.2. The predicted molar refractivity (Wildman–Crippen MR) is 72.7 cm³/mol. The Hall–Kier alpha value is -1.33. The topological polar surface area (TPSA) is 55.4 Å². The molecule has 4 nitrogen and oxygen atoms in total. The summed E-state index contributed by atoms with van der Waals surface area (Å²) in [5.74, 6) is 0.561. The zero-order chi connectivity index (χ0) is 13.6. The fourth-order valence-electron chi connectivity index (χ4n) is 1.44. The number of hydrogen-bond donors (Lipinski definition) is 1. The lowest BCUT2D eigenvalue weighted by Crippen LogP contribution is -2.28. The van der Waals surface area contributed by atoms with E-state index in [9.17, 15) is 8.42 Å². The Kier molecular flexibility index (Phi) is 5.37. The van der Waals surface area contributed by atoms with Gasteiger partial charge in [-0.2, -0.15) is 0 Å². The first-order chi connectivity index (χ1) is 8.43. The maximum Gasteiger partial charge on any atom is 0.175 e. The van der Waals surface area contributed by atoms with Crippen LogP contribution in [0.5, 0.6) is 5.75 Å². The third-order valence-corrected chi connectivity index (χ3v) is 3.40. The van der Waals surface area contributed by atoms with E-state index in [-0.39, 0.29) is 11.0 Å². The van der Waals surface area contributed by atoms with Crippen molar-refractivity contribution in [3.63, 3.8) is 0 Å². The van der Waals surface area contributed by atoms with Gasteiger partial charge in [-0.15, -0.1) is 6.58 Å². The van der Waals surface area contributed by atoms with Crippen molar-refractivity contribution in [1.82, 2.24) is 5.32 Å². The predicted octanol–water partition coefficient (Wildman–Crippen LogP) is 1.63. The van der Waals surface area contributed by atoms with Gasteiger partial charge in [-0.3, -0.25) is 0 Å². The molecule has 1 unspecified atom stereocenters. The van der Waals surface area contributed by atoms with E-state index >= 15 is 0 Å². The molecule has 0 saturated carbocycles. The molecule has 1 N–H and O–H groups in total. The summed E-state index contributed by atoms with van der Waals surface area (Å²) >= 11 is 0. The van der Waals surface area contributed by atoms with E-state index < -0.39 is 9.84 Å². The molecule has 1 atom stereocenters. The van der Waals surface area contributed by atoms with Crippen LogP contribution in [0.2, 0.25) is 0 Å². The molecule has 0 aliphatic rings. The van der Waals surface area contributed by atoms with Gasteiger partial charge in [0.15, 0.2) is 9.84 Å². The van der Waals surface area contributed by atoms with Crippen LogP contribution in [0.1, 0.15) is 6.92 Å². The third-order valence-electron chi connectivity index (χ3n) is 2.29. The molecular formula is C13H19NO3S. The SMILES string of the molecule is C=CCNCC(C)Oc1cccc(S(C)(=O)=O)c1. The molecule has 0 spiro atoms. The molecule has 0 amide bonds. The Bertz CT molecular complexity index is 497. The van der Waals surface area contributed by atoms with Gasteiger partial charge in [0.25, 0.3) is 0 Å². The van der Waals surface area contributed by atoms with Crippen molar-refractivity contribution in [2.24, 2.45) is 0 Å². The van der Waals surface area contributed by atoms with Gasteiger partial charge in [0.1, 0.15) is 11.9 Å². The number of sulfone groups is 1. The Morgan fingerprint density at radius 2 is 2.22 bits per heavy atom. The normalized spacial score (nSPS) is 13.0. The minimum absolute atomic E-state index is 0.0419. The molecule has 1 rings (SSSR count). The lowest BCUT2D eigenvalue weighted by Gasteiger charge is -2.15. The average molecular weight is 269 g/mol. The first-order valence-corrected chi connectivity index (χ1v) is 7.61. The first-order valence-electron chi connectivity index (χ1n) is 5.72. The number of benzene rings is 1. The van der Waals surface area contributed by atoms with E-state index in [0.717, 1.165) is 6.54 Å². The van der Waals surface area contributed by atoms with Crippen molar-refractivity contribution in [2.75, 3.05) is 19.3 Å². The molecule has 0 radical (unpaired) electrons. The number of rotatable bonds is 7. The second-order valence-corrected chi connectivity index (χ2v) is 6.14. The molecule has 0 saturated heterocycles. The lowest BCUT2D eigenvalue weighted by molar-refractivity contribution is 0.218. The summed E-state index contributed by atoms with van der Waals surface area (Å²) in [7, 11) is -3.19. The molecule has 0 heterocycles. The van der Waals surface area contributed by atoms with Gasteiger partial charge in [0.05, 0.1) is 4.90 Å². The van der Waals surface area contributed by atoms with Crippen molar-refractivity contribution in [3.05, 3.63) is 36.9 Å². The minimum atomic E-state index is -3.19. The van der Waals surface area contributed by atoms with Crippen LogP contribution in [0, 0.1) is 0 Å². The lowest BCUT2D eigenvalue weighted by atomic mass is 10.3. The summed E-state index contributed by atoms with van der Waals surface area (Å²) in [5, 5.41) is 3.14. The molecule has 0 bridgehead atoms. The van der Waals surface area contributed by atoms with E-state index in [0.29, 0.717) is 12.3 Å². The molecular weight excluding hydrogens is 250 g/mol. The highest BCUT2D eigenvalue weighted by molar-refractivity contribution is 7.90. The summed E-state index contributed by atoms with van der Waals surface area (Å²) in [6, 6.07) is 6.52. The van der Waals surface area contributed by atoms with Gasteiger partial charge < -0.3 is 10.1 Å². The van der Waals surface area contributed by atoms with Crippen molar-refractivity contribution in [2.45, 2.75) is 17.9 Å². The van der Waals surface area contributed by atoms with Gasteiger partial charge in [-0.05, 0) is 25.1 Å². The molecule has 100 valence electrons. The summed E-state index contributed by atoms with van der Waals surface area (Å²) in [6.07, 6.45) is 2.91. The minimum Gasteiger partial charge on any atom is -0.489 e. The molecule has 1 aromatic rings. The van der Waals surface area contributed by atoms with E-state index in [1.54, 1.807) is 30.3 Å². The van der Waals surface area contributed by atoms with Crippen LogP contribution in [0.25, 0.3) is 0 Å². The first kappa shape index (κ1) is 14.7. The van der Waals surface area contributed by atoms with E-state index in [2.05, 4.69) is 11.9 Å². The van der Waals surface area contributed by atoms with Gasteiger partial charge in [-0.1, -0.05) is 12.1 Å². The van der Waals surface area contributed by atoms with Crippen LogP contribution < -0.4 is 10.1 Å². The third kappa shape index (κ3) is 4.89. The zero-order valence-electron chi connectivity index (χ0n) is 10.7. The maximum atomic E-state index is 11.4. The second kappa shape index (κ2) is 6.56. The summed E-state index contributed by atoms with van der Waals surface area (Å²) < 4.78 is 28.4. The van der Waals surface area contributed by atoms with Crippen molar-refractivity contribution < 1.29 is 13.2 Å². The van der Waals surface area contributed by atoms with Crippen LogP contribution in [0.4, 0.5) is 0 Å². The quantitative estimate of drug-likeness (QED) is 0.604. The van der Waals surface area contributed by atoms with Gasteiger partial charge in [0.2, 0.25) is 0 Å². The van der Waals surface area contributed by atoms with Gasteiger partial charge >= 0.3 is 0 Å².